The minimum absolute atomic E-state index is 0.0760. The molecule has 0 aliphatic carbocycles. The number of benzene rings is 2. The topological polar surface area (TPSA) is 74.8 Å². The van der Waals surface area contributed by atoms with Crippen molar-refractivity contribution in [3.8, 4) is 0 Å². The minimum Gasteiger partial charge on any atom is -0.207 e. The molecule has 26 heavy (non-hydrogen) atoms. The van der Waals surface area contributed by atoms with Crippen molar-refractivity contribution in [1.29, 1.82) is 0 Å². The van der Waals surface area contributed by atoms with Gasteiger partial charge in [0.1, 0.15) is 16.5 Å². The van der Waals surface area contributed by atoms with Crippen molar-refractivity contribution in [2.45, 2.75) is 9.79 Å². The standard InChI is InChI=1S/C16H16F2N2O4S2/c17-13-6-7-15(18)16(12-13)26(23,24)20-10-8-19(9-11-20)25(21,22)14-4-2-1-3-5-14/h1-7,12H,8-11H2. The minimum atomic E-state index is -4.25. The maximum Gasteiger partial charge on any atom is 0.246 e. The van der Waals surface area contributed by atoms with Gasteiger partial charge in [0, 0.05) is 26.2 Å². The van der Waals surface area contributed by atoms with E-state index in [1.165, 1.54) is 16.4 Å². The Labute approximate surface area is 150 Å². The third kappa shape index (κ3) is 3.50. The molecule has 6 nitrogen and oxygen atoms in total. The van der Waals surface area contributed by atoms with Crippen molar-refractivity contribution in [3.63, 3.8) is 0 Å². The number of hydrogen-bond acceptors (Lipinski definition) is 4. The van der Waals surface area contributed by atoms with E-state index in [9.17, 15) is 25.6 Å². The molecular weight excluding hydrogens is 386 g/mol. The lowest BCUT2D eigenvalue weighted by Crippen LogP contribution is -2.50. The van der Waals surface area contributed by atoms with Gasteiger partial charge in [-0.25, -0.2) is 25.6 Å². The molecule has 0 unspecified atom stereocenters. The molecule has 0 spiro atoms. The summed E-state index contributed by atoms with van der Waals surface area (Å²) in [5.74, 6) is -1.92. The van der Waals surface area contributed by atoms with E-state index >= 15 is 0 Å². The summed E-state index contributed by atoms with van der Waals surface area (Å²) in [7, 11) is -7.98. The van der Waals surface area contributed by atoms with Crippen molar-refractivity contribution in [2.24, 2.45) is 0 Å². The SMILES string of the molecule is O=S(=O)(c1ccccc1)N1CCN(S(=O)(=O)c2cc(F)ccc2F)CC1. The molecule has 0 saturated carbocycles. The van der Waals surface area contributed by atoms with Crippen LogP contribution >= 0.6 is 0 Å². The van der Waals surface area contributed by atoms with Gasteiger partial charge in [0.2, 0.25) is 20.0 Å². The molecular formula is C16H16F2N2O4S2. The highest BCUT2D eigenvalue weighted by Gasteiger charge is 2.35. The van der Waals surface area contributed by atoms with E-state index < -0.39 is 36.6 Å². The first-order valence-electron chi connectivity index (χ1n) is 7.73. The normalized spacial score (nSPS) is 17.3. The van der Waals surface area contributed by atoms with Gasteiger partial charge in [-0.2, -0.15) is 8.61 Å². The fourth-order valence-corrected chi connectivity index (χ4v) is 5.65. The van der Waals surface area contributed by atoms with E-state index in [0.29, 0.717) is 6.07 Å². The molecule has 1 fully saturated rings. The van der Waals surface area contributed by atoms with E-state index in [1.54, 1.807) is 18.2 Å². The Balaban J connectivity index is 1.79. The Hall–Kier alpha value is -1.88. The number of hydrogen-bond donors (Lipinski definition) is 0. The number of piperazine rings is 1. The van der Waals surface area contributed by atoms with E-state index in [-0.39, 0.29) is 31.1 Å². The first-order chi connectivity index (χ1) is 12.2. The Morgan fingerprint density at radius 2 is 1.27 bits per heavy atom. The third-order valence-electron chi connectivity index (χ3n) is 4.09. The van der Waals surface area contributed by atoms with Gasteiger partial charge in [-0.3, -0.25) is 0 Å². The molecule has 1 aliphatic heterocycles. The first-order valence-corrected chi connectivity index (χ1v) is 10.6. The number of sulfonamides is 2. The molecule has 0 aromatic heterocycles. The van der Waals surface area contributed by atoms with Crippen LogP contribution in [0, 0.1) is 11.6 Å². The van der Waals surface area contributed by atoms with Crippen LogP contribution in [0.15, 0.2) is 58.3 Å². The molecule has 10 heteroatoms. The van der Waals surface area contributed by atoms with Gasteiger partial charge in [-0.1, -0.05) is 18.2 Å². The first kappa shape index (κ1) is 18.9. The fraction of sp³-hybridized carbons (Fsp3) is 0.250. The molecule has 3 rings (SSSR count). The van der Waals surface area contributed by atoms with Gasteiger partial charge in [-0.05, 0) is 30.3 Å². The smallest absolute Gasteiger partial charge is 0.207 e. The van der Waals surface area contributed by atoms with Crippen molar-refractivity contribution in [2.75, 3.05) is 26.2 Å². The van der Waals surface area contributed by atoms with Crippen LogP contribution in [0.1, 0.15) is 0 Å². The lowest BCUT2D eigenvalue weighted by molar-refractivity contribution is 0.272. The van der Waals surface area contributed by atoms with Crippen molar-refractivity contribution in [3.05, 3.63) is 60.2 Å². The number of rotatable bonds is 4. The zero-order valence-electron chi connectivity index (χ0n) is 13.5. The average Bonchev–Trinajstić information content (AvgIpc) is 2.64. The van der Waals surface area contributed by atoms with Crippen LogP contribution in [0.3, 0.4) is 0 Å². The summed E-state index contributed by atoms with van der Waals surface area (Å²) in [5, 5.41) is 0. The highest BCUT2D eigenvalue weighted by molar-refractivity contribution is 7.89. The Kier molecular flexibility index (Phi) is 5.11. The molecule has 0 atom stereocenters. The summed E-state index contributed by atoms with van der Waals surface area (Å²) in [5.41, 5.74) is 0. The lowest BCUT2D eigenvalue weighted by Gasteiger charge is -2.33. The Morgan fingerprint density at radius 3 is 1.85 bits per heavy atom. The second kappa shape index (κ2) is 7.03. The highest BCUT2D eigenvalue weighted by Crippen LogP contribution is 2.23. The maximum atomic E-state index is 13.8. The summed E-state index contributed by atoms with van der Waals surface area (Å²) in [6.45, 7) is -0.449. The quantitative estimate of drug-likeness (QED) is 0.780. The summed E-state index contributed by atoms with van der Waals surface area (Å²) < 4.78 is 79.5. The van der Waals surface area contributed by atoms with Crippen LogP contribution in [0.4, 0.5) is 8.78 Å². The highest BCUT2D eigenvalue weighted by atomic mass is 32.2. The summed E-state index contributed by atoms with van der Waals surface area (Å²) in [4.78, 5) is -0.635. The summed E-state index contributed by atoms with van der Waals surface area (Å²) in [6, 6.07) is 10.0. The van der Waals surface area contributed by atoms with Gasteiger partial charge in [0.25, 0.3) is 0 Å². The van der Waals surface area contributed by atoms with Crippen LogP contribution in [0.5, 0.6) is 0 Å². The second-order valence-electron chi connectivity index (χ2n) is 5.70. The van der Waals surface area contributed by atoms with E-state index in [0.717, 1.165) is 16.4 Å². The second-order valence-corrected chi connectivity index (χ2v) is 9.54. The maximum absolute atomic E-state index is 13.8. The Morgan fingerprint density at radius 1 is 0.731 bits per heavy atom. The number of halogens is 2. The van der Waals surface area contributed by atoms with E-state index in [4.69, 9.17) is 0 Å². The molecule has 0 amide bonds. The third-order valence-corrected chi connectivity index (χ3v) is 7.92. The van der Waals surface area contributed by atoms with Gasteiger partial charge < -0.3 is 0 Å². The molecule has 2 aromatic carbocycles. The van der Waals surface area contributed by atoms with Crippen LogP contribution < -0.4 is 0 Å². The molecule has 0 bridgehead atoms. The molecule has 0 radical (unpaired) electrons. The molecule has 2 aromatic rings. The van der Waals surface area contributed by atoms with E-state index in [1.807, 2.05) is 0 Å². The zero-order chi connectivity index (χ0) is 18.9. The van der Waals surface area contributed by atoms with Crippen molar-refractivity contribution >= 4 is 20.0 Å². The molecule has 140 valence electrons. The van der Waals surface area contributed by atoms with Gasteiger partial charge in [0.05, 0.1) is 4.90 Å². The van der Waals surface area contributed by atoms with Crippen LogP contribution in [-0.2, 0) is 20.0 Å². The molecule has 1 heterocycles. The average molecular weight is 402 g/mol. The summed E-state index contributed by atoms with van der Waals surface area (Å²) >= 11 is 0. The summed E-state index contributed by atoms with van der Waals surface area (Å²) in [6.07, 6.45) is 0. The molecule has 0 N–H and O–H groups in total. The van der Waals surface area contributed by atoms with Crippen LogP contribution in [-0.4, -0.2) is 51.6 Å². The van der Waals surface area contributed by atoms with Crippen LogP contribution in [0.2, 0.25) is 0 Å². The van der Waals surface area contributed by atoms with E-state index in [2.05, 4.69) is 0 Å². The van der Waals surface area contributed by atoms with Crippen LogP contribution in [0.25, 0.3) is 0 Å². The monoisotopic (exact) mass is 402 g/mol. The lowest BCUT2D eigenvalue weighted by atomic mass is 10.3. The predicted molar refractivity (Wildman–Crippen MR) is 90.3 cm³/mol. The fourth-order valence-electron chi connectivity index (χ4n) is 2.71. The van der Waals surface area contributed by atoms with Gasteiger partial charge in [-0.15, -0.1) is 0 Å². The number of nitrogens with zero attached hydrogens (tertiary/aromatic N) is 2. The van der Waals surface area contributed by atoms with Crippen molar-refractivity contribution < 1.29 is 25.6 Å². The predicted octanol–water partition coefficient (Wildman–Crippen LogP) is 1.66. The molecule has 1 aliphatic rings. The largest absolute Gasteiger partial charge is 0.246 e. The zero-order valence-corrected chi connectivity index (χ0v) is 15.2. The Bertz CT molecular complexity index is 1000. The van der Waals surface area contributed by atoms with Crippen molar-refractivity contribution in [1.82, 2.24) is 8.61 Å². The van der Waals surface area contributed by atoms with Gasteiger partial charge in [0.15, 0.2) is 0 Å². The molecule has 1 saturated heterocycles. The van der Waals surface area contributed by atoms with Gasteiger partial charge >= 0.3 is 0 Å².